The van der Waals surface area contributed by atoms with E-state index >= 15 is 0 Å². The minimum absolute atomic E-state index is 0.0498. The molecule has 1 aliphatic heterocycles. The lowest BCUT2D eigenvalue weighted by Gasteiger charge is -2.30. The van der Waals surface area contributed by atoms with Gasteiger partial charge in [-0.2, -0.15) is 13.2 Å². The fraction of sp³-hybridized carbons (Fsp3) is 0.391. The number of nitrogens with zero attached hydrogens (tertiary/aromatic N) is 3. The van der Waals surface area contributed by atoms with Gasteiger partial charge in [-0.05, 0) is 62.9 Å². The van der Waals surface area contributed by atoms with Crippen LogP contribution in [0.3, 0.4) is 0 Å². The van der Waals surface area contributed by atoms with E-state index in [0.717, 1.165) is 48.2 Å². The zero-order valence-corrected chi connectivity index (χ0v) is 19.7. The Morgan fingerprint density at radius 1 is 1.12 bits per heavy atom. The molecule has 1 fully saturated rings. The molecule has 1 atom stereocenters. The second kappa shape index (κ2) is 8.70. The number of nitrogens with two attached hydrogens (primary N) is 1. The lowest BCUT2D eigenvalue weighted by Crippen LogP contribution is -2.36. The minimum Gasteiger partial charge on any atom is -0.399 e. The van der Waals surface area contributed by atoms with Crippen molar-refractivity contribution in [1.29, 1.82) is 0 Å². The Morgan fingerprint density at radius 3 is 2.48 bits per heavy atom. The fourth-order valence-electron chi connectivity index (χ4n) is 4.13. The Balaban J connectivity index is 1.71. The molecule has 0 radical (unpaired) electrons. The molecule has 0 bridgehead atoms. The molecule has 1 unspecified atom stereocenters. The summed E-state index contributed by atoms with van der Waals surface area (Å²) in [5.41, 5.74) is 6.13. The van der Waals surface area contributed by atoms with E-state index in [-0.39, 0.29) is 5.69 Å². The van der Waals surface area contributed by atoms with Gasteiger partial charge < -0.3 is 11.1 Å². The van der Waals surface area contributed by atoms with Crippen molar-refractivity contribution < 1.29 is 18.1 Å². The normalized spacial score (nSPS) is 17.8. The minimum atomic E-state index is -4.48. The van der Waals surface area contributed by atoms with Gasteiger partial charge in [-0.15, -0.1) is 0 Å². The van der Waals surface area contributed by atoms with E-state index in [1.165, 1.54) is 6.07 Å². The first kappa shape index (κ1) is 23.7. The summed E-state index contributed by atoms with van der Waals surface area (Å²) in [7, 11) is -0.234. The van der Waals surface area contributed by atoms with Gasteiger partial charge in [0, 0.05) is 24.2 Å². The predicted octanol–water partition coefficient (Wildman–Crippen LogP) is 4.21. The number of nitrogens with one attached hydrogen (secondary N) is 1. The van der Waals surface area contributed by atoms with Crippen molar-refractivity contribution in [2.75, 3.05) is 43.5 Å². The third kappa shape index (κ3) is 5.05. The van der Waals surface area contributed by atoms with Gasteiger partial charge in [0.2, 0.25) is 0 Å². The third-order valence-corrected chi connectivity index (χ3v) is 9.25. The summed E-state index contributed by atoms with van der Waals surface area (Å²) in [5.74, 6) is 1.06. The quantitative estimate of drug-likeness (QED) is 0.385. The highest BCUT2D eigenvalue weighted by molar-refractivity contribution is 7.77. The van der Waals surface area contributed by atoms with E-state index in [1.807, 2.05) is 25.2 Å². The molecule has 4 N–H and O–H groups in total. The molecule has 33 heavy (non-hydrogen) atoms. The molecule has 1 aromatic heterocycles. The number of halogens is 3. The highest BCUT2D eigenvalue weighted by atomic mass is 31.2. The van der Waals surface area contributed by atoms with E-state index < -0.39 is 25.3 Å². The average Bonchev–Trinajstić information content (AvgIpc) is 2.74. The van der Waals surface area contributed by atoms with E-state index in [2.05, 4.69) is 20.2 Å². The highest BCUT2D eigenvalue weighted by Crippen LogP contribution is 2.54. The van der Waals surface area contributed by atoms with Crippen molar-refractivity contribution in [2.45, 2.75) is 26.1 Å². The van der Waals surface area contributed by atoms with Crippen molar-refractivity contribution >= 4 is 35.2 Å². The van der Waals surface area contributed by atoms with Crippen molar-refractivity contribution in [3.05, 3.63) is 53.3 Å². The molecule has 0 saturated carbocycles. The molecule has 3 aromatic rings. The van der Waals surface area contributed by atoms with Crippen molar-refractivity contribution in [2.24, 2.45) is 0 Å². The number of fused-ring (bicyclic) bond motifs is 1. The number of alkyl halides is 3. The van der Waals surface area contributed by atoms with Crippen LogP contribution < -0.4 is 16.4 Å². The second-order valence-electron chi connectivity index (χ2n) is 8.75. The van der Waals surface area contributed by atoms with Crippen LogP contribution in [0.2, 0.25) is 0 Å². The average molecular weight is 478 g/mol. The summed E-state index contributed by atoms with van der Waals surface area (Å²) in [6, 6.07) is 8.82. The molecule has 1 saturated heterocycles. The largest absolute Gasteiger partial charge is 0.416 e. The molecule has 0 spiro atoms. The van der Waals surface area contributed by atoms with Gasteiger partial charge in [0.25, 0.3) is 0 Å². The number of hydrogen-bond acceptors (Lipinski definition) is 6. The van der Waals surface area contributed by atoms with Gasteiger partial charge in [0.15, 0.2) is 7.49 Å². The fourth-order valence-corrected chi connectivity index (χ4v) is 6.94. The number of rotatable bonds is 4. The van der Waals surface area contributed by atoms with Crippen LogP contribution in [0.25, 0.3) is 10.9 Å². The molecule has 176 valence electrons. The summed E-state index contributed by atoms with van der Waals surface area (Å²) in [5, 5.41) is 4.88. The summed E-state index contributed by atoms with van der Waals surface area (Å²) in [6.07, 6.45) is -3.03. The van der Waals surface area contributed by atoms with E-state index in [0.29, 0.717) is 22.7 Å². The first-order valence-electron chi connectivity index (χ1n) is 10.8. The van der Waals surface area contributed by atoms with Gasteiger partial charge in [0.05, 0.1) is 17.1 Å². The molecule has 2 aromatic carbocycles. The van der Waals surface area contributed by atoms with Gasteiger partial charge >= 0.3 is 6.18 Å². The Bertz CT molecular complexity index is 1180. The topological polar surface area (TPSA) is 87.3 Å². The molecule has 6 nitrogen and oxygen atoms in total. The first-order valence-corrected chi connectivity index (χ1v) is 12.9. The van der Waals surface area contributed by atoms with Crippen LogP contribution >= 0.6 is 7.49 Å². The molecular formula is C23H28F3N5OP+. The summed E-state index contributed by atoms with van der Waals surface area (Å²) in [6.45, 7) is 5.21. The van der Waals surface area contributed by atoms with Crippen LogP contribution in [0.15, 0.2) is 36.4 Å². The van der Waals surface area contributed by atoms with E-state index in [1.54, 1.807) is 13.8 Å². The van der Waals surface area contributed by atoms with Crippen molar-refractivity contribution in [1.82, 2.24) is 14.9 Å². The maximum absolute atomic E-state index is 13.3. The summed E-state index contributed by atoms with van der Waals surface area (Å²) >= 11 is 0. The predicted molar refractivity (Wildman–Crippen MR) is 128 cm³/mol. The van der Waals surface area contributed by atoms with Crippen molar-refractivity contribution in [3.63, 3.8) is 0 Å². The maximum Gasteiger partial charge on any atom is 0.416 e. The number of aryl methyl sites for hydroxylation is 1. The van der Waals surface area contributed by atoms with Gasteiger partial charge in [0.1, 0.15) is 29.3 Å². The lowest BCUT2D eigenvalue weighted by molar-refractivity contribution is -0.137. The number of hydrogen-bond donors (Lipinski definition) is 3. The Labute approximate surface area is 191 Å². The van der Waals surface area contributed by atoms with Gasteiger partial charge in [-0.3, -0.25) is 4.90 Å². The van der Waals surface area contributed by atoms with Crippen LogP contribution in [-0.4, -0.2) is 52.2 Å². The molecule has 4 rings (SSSR count). The maximum atomic E-state index is 13.3. The molecule has 1 aliphatic rings. The van der Waals surface area contributed by atoms with Crippen LogP contribution in [-0.2, 0) is 6.18 Å². The highest BCUT2D eigenvalue weighted by Gasteiger charge is 2.41. The Morgan fingerprint density at radius 2 is 1.82 bits per heavy atom. The van der Waals surface area contributed by atoms with Gasteiger partial charge in [-0.25, -0.2) is 14.9 Å². The zero-order valence-electron chi connectivity index (χ0n) is 18.8. The second-order valence-corrected chi connectivity index (χ2v) is 12.0. The molecular weight excluding hydrogens is 450 g/mol. The Hall–Kier alpha value is -2.48. The summed E-state index contributed by atoms with van der Waals surface area (Å²) in [4.78, 5) is 22.6. The van der Waals surface area contributed by atoms with Crippen molar-refractivity contribution in [3.8, 4) is 0 Å². The number of aromatic nitrogens is 2. The monoisotopic (exact) mass is 478 g/mol. The third-order valence-electron chi connectivity index (χ3n) is 6.13. The van der Waals surface area contributed by atoms with E-state index in [9.17, 15) is 18.1 Å². The van der Waals surface area contributed by atoms with E-state index in [4.69, 9.17) is 5.73 Å². The Kier molecular flexibility index (Phi) is 6.24. The number of benzene rings is 2. The van der Waals surface area contributed by atoms with Crippen LogP contribution in [0.4, 0.5) is 24.7 Å². The van der Waals surface area contributed by atoms with Crippen LogP contribution in [0, 0.1) is 6.92 Å². The summed E-state index contributed by atoms with van der Waals surface area (Å²) < 4.78 is 39.8. The van der Waals surface area contributed by atoms with Gasteiger partial charge in [-0.1, -0.05) is 0 Å². The zero-order chi connectivity index (χ0) is 24.0. The van der Waals surface area contributed by atoms with Crippen LogP contribution in [0.1, 0.15) is 29.9 Å². The molecule has 2 heterocycles. The number of nitrogen functional groups attached to an aromatic ring is 1. The first-order chi connectivity index (χ1) is 15.4. The number of anilines is 2. The lowest BCUT2D eigenvalue weighted by atomic mass is 10.0. The SMILES string of the molecule is Cc1nc(NC(C)c2cc(N)cc(C(F)(F)F)c2)c2cc([P+]3(O)CCN(C)CC3)ccc2n1. The molecule has 10 heteroatoms. The standard InChI is InChI=1S/C23H28F3N5OP/c1-14(16-10-17(23(24,25)26)12-18(27)11-16)28-22-20-13-19(4-5-21(20)29-15(2)30-22)33(32)8-6-31(3)7-9-33/h4-5,10-14,32H,6-9,27H2,1-3H3,(H,28,29,30)/q+1. The smallest absolute Gasteiger partial charge is 0.399 e. The molecule has 0 aliphatic carbocycles. The van der Waals surface area contributed by atoms with Crippen LogP contribution in [0.5, 0.6) is 0 Å². The molecule has 0 amide bonds.